The molecule has 0 amide bonds. The Morgan fingerprint density at radius 1 is 1.05 bits per heavy atom. The Morgan fingerprint density at radius 3 is 2.24 bits per heavy atom. The maximum absolute atomic E-state index is 12.5. The van der Waals surface area contributed by atoms with Gasteiger partial charge in [-0.15, -0.1) is 0 Å². The van der Waals surface area contributed by atoms with Gasteiger partial charge in [-0.05, 0) is 52.4 Å². The van der Waals surface area contributed by atoms with Gasteiger partial charge in [-0.2, -0.15) is 13.2 Å². The molecule has 2 aromatic rings. The number of benzene rings is 2. The highest BCUT2D eigenvalue weighted by Gasteiger charge is 2.30. The van der Waals surface area contributed by atoms with Gasteiger partial charge in [0.25, 0.3) is 0 Å². The lowest BCUT2D eigenvalue weighted by molar-refractivity contribution is -0.137. The monoisotopic (exact) mass is 407 g/mol. The van der Waals surface area contributed by atoms with Crippen molar-refractivity contribution in [2.24, 2.45) is 0 Å². The summed E-state index contributed by atoms with van der Waals surface area (Å²) in [6, 6.07) is 12.1. The van der Waals surface area contributed by atoms with Crippen molar-refractivity contribution < 1.29 is 18.3 Å². The van der Waals surface area contributed by atoms with E-state index >= 15 is 0 Å². The molecule has 0 aliphatic rings. The molecule has 0 fully saturated rings. The first-order chi connectivity index (χ1) is 9.88. The Bertz CT molecular complexity index is 599. The molecule has 112 valence electrons. The standard InChI is InChI=1S/C15H13F3INO/c16-15(17,18)11-7-5-10(6-8-11)14(21)9-20-13-4-2-1-3-12(13)19/h1-8,14,20-21H,9H2. The van der Waals surface area contributed by atoms with Crippen molar-refractivity contribution in [1.82, 2.24) is 0 Å². The van der Waals surface area contributed by atoms with Crippen LogP contribution >= 0.6 is 22.6 Å². The molecule has 2 nitrogen and oxygen atoms in total. The van der Waals surface area contributed by atoms with Crippen molar-refractivity contribution in [3.63, 3.8) is 0 Å². The number of hydrogen-bond donors (Lipinski definition) is 2. The molecule has 21 heavy (non-hydrogen) atoms. The molecule has 2 aromatic carbocycles. The predicted molar refractivity (Wildman–Crippen MR) is 84.1 cm³/mol. The minimum Gasteiger partial charge on any atom is -0.387 e. The van der Waals surface area contributed by atoms with Crippen LogP contribution in [-0.2, 0) is 6.18 Å². The lowest BCUT2D eigenvalue weighted by Crippen LogP contribution is -2.13. The second kappa shape index (κ2) is 6.65. The fourth-order valence-electron chi connectivity index (χ4n) is 1.82. The third-order valence-electron chi connectivity index (χ3n) is 2.98. The topological polar surface area (TPSA) is 32.3 Å². The van der Waals surface area contributed by atoms with Gasteiger partial charge in [0.2, 0.25) is 0 Å². The van der Waals surface area contributed by atoms with E-state index in [1.165, 1.54) is 12.1 Å². The summed E-state index contributed by atoms with van der Waals surface area (Å²) >= 11 is 2.17. The van der Waals surface area contributed by atoms with Gasteiger partial charge < -0.3 is 10.4 Å². The Hall–Kier alpha value is -1.28. The number of rotatable bonds is 4. The van der Waals surface area contributed by atoms with Crippen LogP contribution in [0.25, 0.3) is 0 Å². The molecule has 2 N–H and O–H groups in total. The minimum atomic E-state index is -4.36. The summed E-state index contributed by atoms with van der Waals surface area (Å²) < 4.78 is 38.4. The second-order valence-corrected chi connectivity index (χ2v) is 5.66. The number of para-hydroxylation sites is 1. The molecular weight excluding hydrogens is 394 g/mol. The quantitative estimate of drug-likeness (QED) is 0.734. The van der Waals surface area contributed by atoms with Crippen molar-refractivity contribution >= 4 is 28.3 Å². The number of hydrogen-bond acceptors (Lipinski definition) is 2. The highest BCUT2D eigenvalue weighted by molar-refractivity contribution is 14.1. The van der Waals surface area contributed by atoms with E-state index in [0.717, 1.165) is 21.4 Å². The summed E-state index contributed by atoms with van der Waals surface area (Å²) in [5, 5.41) is 13.1. The Morgan fingerprint density at radius 2 is 1.67 bits per heavy atom. The molecule has 0 aromatic heterocycles. The van der Waals surface area contributed by atoms with Crippen LogP contribution in [0.3, 0.4) is 0 Å². The van der Waals surface area contributed by atoms with Gasteiger partial charge in [0.15, 0.2) is 0 Å². The van der Waals surface area contributed by atoms with Gasteiger partial charge in [-0.1, -0.05) is 24.3 Å². The molecule has 0 saturated heterocycles. The number of aliphatic hydroxyl groups is 1. The summed E-state index contributed by atoms with van der Waals surface area (Å²) in [7, 11) is 0. The van der Waals surface area contributed by atoms with Gasteiger partial charge in [0, 0.05) is 15.8 Å². The van der Waals surface area contributed by atoms with Crippen LogP contribution in [0.5, 0.6) is 0 Å². The molecule has 0 radical (unpaired) electrons. The van der Waals surface area contributed by atoms with Crippen molar-refractivity contribution in [3.05, 3.63) is 63.2 Å². The van der Waals surface area contributed by atoms with E-state index in [1.54, 1.807) is 0 Å². The summed E-state index contributed by atoms with van der Waals surface area (Å²) in [6.07, 6.45) is -5.23. The molecule has 0 bridgehead atoms. The number of alkyl halides is 3. The smallest absolute Gasteiger partial charge is 0.387 e. The molecule has 0 saturated carbocycles. The molecule has 1 unspecified atom stereocenters. The van der Waals surface area contributed by atoms with Crippen molar-refractivity contribution in [2.45, 2.75) is 12.3 Å². The summed E-state index contributed by atoms with van der Waals surface area (Å²) in [5.41, 5.74) is 0.606. The average Bonchev–Trinajstić information content (AvgIpc) is 2.45. The van der Waals surface area contributed by atoms with Crippen LogP contribution in [0.1, 0.15) is 17.2 Å². The normalized spacial score (nSPS) is 13.0. The van der Waals surface area contributed by atoms with Gasteiger partial charge in [0.1, 0.15) is 0 Å². The summed E-state index contributed by atoms with van der Waals surface area (Å²) in [5.74, 6) is 0. The van der Waals surface area contributed by atoms with Crippen molar-refractivity contribution in [2.75, 3.05) is 11.9 Å². The minimum absolute atomic E-state index is 0.228. The van der Waals surface area contributed by atoms with Crippen molar-refractivity contribution in [3.8, 4) is 0 Å². The van der Waals surface area contributed by atoms with E-state index in [1.807, 2.05) is 24.3 Å². The Labute approximate surface area is 134 Å². The second-order valence-electron chi connectivity index (χ2n) is 4.50. The lowest BCUT2D eigenvalue weighted by atomic mass is 10.1. The van der Waals surface area contributed by atoms with E-state index in [4.69, 9.17) is 0 Å². The molecular formula is C15H13F3INO. The molecule has 6 heteroatoms. The zero-order valence-corrected chi connectivity index (χ0v) is 13.0. The Balaban J connectivity index is 2.01. The van der Waals surface area contributed by atoms with Crippen LogP contribution in [0, 0.1) is 3.57 Å². The van der Waals surface area contributed by atoms with Gasteiger partial charge in [0.05, 0.1) is 11.7 Å². The van der Waals surface area contributed by atoms with Crippen LogP contribution in [0.2, 0.25) is 0 Å². The van der Waals surface area contributed by atoms with E-state index in [2.05, 4.69) is 27.9 Å². The van der Waals surface area contributed by atoms with Crippen LogP contribution < -0.4 is 5.32 Å². The molecule has 0 heterocycles. The SMILES string of the molecule is OC(CNc1ccccc1I)c1ccc(C(F)(F)F)cc1. The molecule has 0 spiro atoms. The van der Waals surface area contributed by atoms with E-state index in [-0.39, 0.29) is 6.54 Å². The number of aliphatic hydroxyl groups excluding tert-OH is 1. The highest BCUT2D eigenvalue weighted by atomic mass is 127. The maximum Gasteiger partial charge on any atom is 0.416 e. The lowest BCUT2D eigenvalue weighted by Gasteiger charge is -2.15. The van der Waals surface area contributed by atoms with Crippen LogP contribution in [0.4, 0.5) is 18.9 Å². The largest absolute Gasteiger partial charge is 0.416 e. The zero-order valence-electron chi connectivity index (χ0n) is 10.9. The number of halogens is 4. The van der Waals surface area contributed by atoms with E-state index < -0.39 is 17.8 Å². The first-order valence-corrected chi connectivity index (χ1v) is 7.29. The van der Waals surface area contributed by atoms with Crippen LogP contribution in [0.15, 0.2) is 48.5 Å². The first-order valence-electron chi connectivity index (χ1n) is 6.21. The first kappa shape index (κ1) is 16.1. The van der Waals surface area contributed by atoms with Gasteiger partial charge in [-0.25, -0.2) is 0 Å². The molecule has 0 aliphatic carbocycles. The highest BCUT2D eigenvalue weighted by Crippen LogP contribution is 2.30. The van der Waals surface area contributed by atoms with E-state index in [9.17, 15) is 18.3 Å². The molecule has 0 aliphatic heterocycles. The van der Waals surface area contributed by atoms with Crippen molar-refractivity contribution in [1.29, 1.82) is 0 Å². The summed E-state index contributed by atoms with van der Waals surface area (Å²) in [6.45, 7) is 0.228. The van der Waals surface area contributed by atoms with Gasteiger partial charge in [-0.3, -0.25) is 0 Å². The number of anilines is 1. The zero-order chi connectivity index (χ0) is 15.5. The molecule has 1 atom stereocenters. The van der Waals surface area contributed by atoms with E-state index in [0.29, 0.717) is 5.56 Å². The fourth-order valence-corrected chi connectivity index (χ4v) is 2.40. The molecule has 2 rings (SSSR count). The van der Waals surface area contributed by atoms with Crippen LogP contribution in [-0.4, -0.2) is 11.7 Å². The Kier molecular flexibility index (Phi) is 5.10. The van der Waals surface area contributed by atoms with Gasteiger partial charge >= 0.3 is 6.18 Å². The number of nitrogens with one attached hydrogen (secondary N) is 1. The summed E-state index contributed by atoms with van der Waals surface area (Å²) in [4.78, 5) is 0. The third kappa shape index (κ3) is 4.34. The maximum atomic E-state index is 12.5. The average molecular weight is 407 g/mol. The fraction of sp³-hybridized carbons (Fsp3) is 0.200. The third-order valence-corrected chi connectivity index (χ3v) is 3.92. The predicted octanol–water partition coefficient (Wildman–Crippen LogP) is 4.46.